The molecule has 2 atom stereocenters. The molecule has 5 heteroatoms. The van der Waals surface area contributed by atoms with E-state index in [1.165, 1.54) is 18.2 Å². The lowest BCUT2D eigenvalue weighted by atomic mass is 9.70. The zero-order valence-electron chi connectivity index (χ0n) is 12.3. The number of hydrogen-bond acceptors (Lipinski definition) is 4. The predicted octanol–water partition coefficient (Wildman–Crippen LogP) is 4.20. The van der Waals surface area contributed by atoms with Gasteiger partial charge >= 0.3 is 0 Å². The van der Waals surface area contributed by atoms with Crippen LogP contribution in [0.25, 0.3) is 11.1 Å². The second-order valence-corrected chi connectivity index (χ2v) is 6.10. The van der Waals surface area contributed by atoms with Gasteiger partial charge in [0.2, 0.25) is 0 Å². The Bertz CT molecular complexity index is 856. The molecular weight excluding hydrogens is 294 g/mol. The summed E-state index contributed by atoms with van der Waals surface area (Å²) in [6, 6.07) is 7.61. The van der Waals surface area contributed by atoms with Crippen LogP contribution < -0.4 is 0 Å². The lowest BCUT2D eigenvalue weighted by Crippen LogP contribution is -2.17. The van der Waals surface area contributed by atoms with Crippen molar-refractivity contribution in [3.05, 3.63) is 63.7 Å². The zero-order valence-corrected chi connectivity index (χ0v) is 12.3. The smallest absolute Gasteiger partial charge is 0.270 e. The lowest BCUT2D eigenvalue weighted by Gasteiger charge is -2.35. The summed E-state index contributed by atoms with van der Waals surface area (Å²) in [4.78, 5) is 10.5. The SMILES string of the molecule is O=[N+]([O-])c1cccc(-c2cc(O)c3c(c2O)C2C=CC3CC2)c1. The maximum atomic E-state index is 11.0. The molecule has 5 rings (SSSR count). The molecule has 0 heterocycles. The molecule has 2 aromatic rings. The minimum atomic E-state index is -0.469. The Kier molecular flexibility index (Phi) is 2.91. The Hall–Kier alpha value is -2.82. The van der Waals surface area contributed by atoms with E-state index >= 15 is 0 Å². The summed E-state index contributed by atoms with van der Waals surface area (Å²) in [5, 5.41) is 32.2. The van der Waals surface area contributed by atoms with E-state index in [1.807, 2.05) is 0 Å². The predicted molar refractivity (Wildman–Crippen MR) is 85.7 cm³/mol. The van der Waals surface area contributed by atoms with Crippen LogP contribution in [0.5, 0.6) is 11.5 Å². The van der Waals surface area contributed by atoms with Gasteiger partial charge < -0.3 is 10.2 Å². The van der Waals surface area contributed by atoms with Gasteiger partial charge in [-0.25, -0.2) is 0 Å². The van der Waals surface area contributed by atoms with Crippen LogP contribution in [0.4, 0.5) is 5.69 Å². The number of nitrogens with zero attached hydrogens (tertiary/aromatic N) is 1. The molecule has 0 spiro atoms. The molecule has 5 nitrogen and oxygen atoms in total. The fraction of sp³-hybridized carbons (Fsp3) is 0.222. The Morgan fingerprint density at radius 1 is 1.04 bits per heavy atom. The normalized spacial score (nSPS) is 21.2. The number of hydrogen-bond donors (Lipinski definition) is 2. The van der Waals surface area contributed by atoms with Gasteiger partial charge in [0.05, 0.1) is 4.92 Å². The third-order valence-electron chi connectivity index (χ3n) is 4.83. The molecule has 0 aliphatic heterocycles. The summed E-state index contributed by atoms with van der Waals surface area (Å²) in [6.07, 6.45) is 6.08. The standard InChI is InChI=1S/C18H15NO4/c20-15-9-14(12-2-1-3-13(8-12)19(22)23)18(21)17-11-6-4-10(5-7-11)16(15)17/h1-4,6,8-11,20-21H,5,7H2. The summed E-state index contributed by atoms with van der Waals surface area (Å²) in [7, 11) is 0. The topological polar surface area (TPSA) is 83.6 Å². The molecule has 2 aromatic carbocycles. The van der Waals surface area contributed by atoms with Crippen LogP contribution in [0.3, 0.4) is 0 Å². The monoisotopic (exact) mass is 309 g/mol. The highest BCUT2D eigenvalue weighted by atomic mass is 16.6. The van der Waals surface area contributed by atoms with Crippen molar-refractivity contribution in [3.63, 3.8) is 0 Å². The number of allylic oxidation sites excluding steroid dienone is 2. The van der Waals surface area contributed by atoms with Gasteiger partial charge in [0.25, 0.3) is 5.69 Å². The first-order chi connectivity index (χ1) is 11.1. The molecule has 0 fully saturated rings. The summed E-state index contributed by atoms with van der Waals surface area (Å²) >= 11 is 0. The molecular formula is C18H15NO4. The minimum absolute atomic E-state index is 0.0412. The number of phenolic OH excluding ortho intramolecular Hbond substituents is 2. The van der Waals surface area contributed by atoms with E-state index in [9.17, 15) is 20.3 Å². The number of nitro groups is 1. The molecule has 2 bridgehead atoms. The fourth-order valence-corrected chi connectivity index (χ4v) is 3.77. The van der Waals surface area contributed by atoms with Crippen molar-refractivity contribution < 1.29 is 15.1 Å². The van der Waals surface area contributed by atoms with Gasteiger partial charge in [-0.3, -0.25) is 10.1 Å². The van der Waals surface area contributed by atoms with E-state index in [0.717, 1.165) is 24.0 Å². The minimum Gasteiger partial charge on any atom is -0.508 e. The molecule has 3 aliphatic carbocycles. The van der Waals surface area contributed by atoms with Crippen molar-refractivity contribution in [3.8, 4) is 22.6 Å². The number of rotatable bonds is 2. The van der Waals surface area contributed by atoms with Gasteiger partial charge in [-0.1, -0.05) is 24.3 Å². The van der Waals surface area contributed by atoms with Gasteiger partial charge in [0.15, 0.2) is 0 Å². The van der Waals surface area contributed by atoms with E-state index in [0.29, 0.717) is 11.1 Å². The number of aromatic hydroxyl groups is 2. The van der Waals surface area contributed by atoms with Crippen LogP contribution in [0.2, 0.25) is 0 Å². The summed E-state index contributed by atoms with van der Waals surface area (Å²) < 4.78 is 0. The molecule has 0 aromatic heterocycles. The van der Waals surface area contributed by atoms with Crippen LogP contribution in [-0.4, -0.2) is 15.1 Å². The lowest BCUT2D eigenvalue weighted by molar-refractivity contribution is -0.384. The zero-order chi connectivity index (χ0) is 16.1. The second-order valence-electron chi connectivity index (χ2n) is 6.10. The Labute approximate surface area is 132 Å². The largest absolute Gasteiger partial charge is 0.508 e. The highest BCUT2D eigenvalue weighted by molar-refractivity contribution is 5.78. The van der Waals surface area contributed by atoms with E-state index < -0.39 is 4.92 Å². The van der Waals surface area contributed by atoms with E-state index in [2.05, 4.69) is 12.2 Å². The van der Waals surface area contributed by atoms with Crippen LogP contribution in [0.1, 0.15) is 35.8 Å². The Morgan fingerprint density at radius 2 is 1.74 bits per heavy atom. The van der Waals surface area contributed by atoms with E-state index in [4.69, 9.17) is 0 Å². The molecule has 0 amide bonds. The van der Waals surface area contributed by atoms with Crippen LogP contribution >= 0.6 is 0 Å². The van der Waals surface area contributed by atoms with Gasteiger partial charge in [-0.05, 0) is 24.5 Å². The molecule has 2 N–H and O–H groups in total. The molecule has 116 valence electrons. The van der Waals surface area contributed by atoms with Gasteiger partial charge in [-0.15, -0.1) is 0 Å². The number of nitro benzene ring substituents is 1. The number of benzene rings is 2. The van der Waals surface area contributed by atoms with Gasteiger partial charge in [0.1, 0.15) is 11.5 Å². The van der Waals surface area contributed by atoms with Crippen molar-refractivity contribution in [2.45, 2.75) is 24.7 Å². The summed E-state index contributed by atoms with van der Waals surface area (Å²) in [6.45, 7) is 0. The second kappa shape index (κ2) is 4.84. The quantitative estimate of drug-likeness (QED) is 0.377. The number of phenols is 2. The third kappa shape index (κ3) is 2.00. The van der Waals surface area contributed by atoms with Crippen LogP contribution in [0, 0.1) is 10.1 Å². The Morgan fingerprint density at radius 3 is 2.39 bits per heavy atom. The molecule has 0 radical (unpaired) electrons. The maximum Gasteiger partial charge on any atom is 0.270 e. The van der Waals surface area contributed by atoms with Gasteiger partial charge in [-0.2, -0.15) is 0 Å². The molecule has 0 saturated carbocycles. The van der Waals surface area contributed by atoms with Crippen LogP contribution in [0.15, 0.2) is 42.5 Å². The van der Waals surface area contributed by atoms with E-state index in [1.54, 1.807) is 12.1 Å². The van der Waals surface area contributed by atoms with E-state index in [-0.39, 0.29) is 29.0 Å². The van der Waals surface area contributed by atoms with Crippen molar-refractivity contribution >= 4 is 5.69 Å². The van der Waals surface area contributed by atoms with Crippen molar-refractivity contribution in [2.24, 2.45) is 0 Å². The van der Waals surface area contributed by atoms with Crippen molar-refractivity contribution in [2.75, 3.05) is 0 Å². The first kappa shape index (κ1) is 13.8. The Balaban J connectivity index is 1.92. The van der Waals surface area contributed by atoms with Crippen LogP contribution in [-0.2, 0) is 0 Å². The first-order valence-corrected chi connectivity index (χ1v) is 7.58. The number of fused-ring (bicyclic) bond motifs is 1. The average molecular weight is 309 g/mol. The molecule has 3 aliphatic rings. The first-order valence-electron chi connectivity index (χ1n) is 7.58. The molecule has 0 saturated heterocycles. The third-order valence-corrected chi connectivity index (χ3v) is 4.83. The summed E-state index contributed by atoms with van der Waals surface area (Å²) in [5.41, 5.74) is 2.49. The molecule has 23 heavy (non-hydrogen) atoms. The molecule has 2 unspecified atom stereocenters. The summed E-state index contributed by atoms with van der Waals surface area (Å²) in [5.74, 6) is 0.510. The average Bonchev–Trinajstić information content (AvgIpc) is 2.58. The highest BCUT2D eigenvalue weighted by Crippen LogP contribution is 2.54. The maximum absolute atomic E-state index is 11.0. The van der Waals surface area contributed by atoms with Crippen molar-refractivity contribution in [1.29, 1.82) is 0 Å². The van der Waals surface area contributed by atoms with Crippen molar-refractivity contribution in [1.82, 2.24) is 0 Å². The number of non-ortho nitro benzene ring substituents is 1. The van der Waals surface area contributed by atoms with Gasteiger partial charge in [0, 0.05) is 40.7 Å². The highest BCUT2D eigenvalue weighted by Gasteiger charge is 2.34. The fourth-order valence-electron chi connectivity index (χ4n) is 3.77.